The molecule has 2 heterocycles. The number of nitrogens with zero attached hydrogens (tertiary/aromatic N) is 2. The molecule has 3 rings (SSSR count). The normalized spacial score (nSPS) is 16.8. The number of rotatable bonds is 3. The van der Waals surface area contributed by atoms with E-state index < -0.39 is 10.0 Å². The van der Waals surface area contributed by atoms with E-state index in [9.17, 15) is 8.42 Å². The highest BCUT2D eigenvalue weighted by molar-refractivity contribution is 7.89. The van der Waals surface area contributed by atoms with E-state index in [1.54, 1.807) is 18.2 Å². The summed E-state index contributed by atoms with van der Waals surface area (Å²) in [6.07, 6.45) is 1.50. The third-order valence-corrected chi connectivity index (χ3v) is 5.96. The molecule has 0 saturated carbocycles. The topological polar surface area (TPSA) is 71.5 Å². The SMILES string of the molecule is COc1ccc(S(=O)(=O)N2CCNCC2)c2ccnc(Cl)c12. The minimum atomic E-state index is -3.58. The molecule has 1 fully saturated rings. The van der Waals surface area contributed by atoms with Crippen molar-refractivity contribution in [1.82, 2.24) is 14.6 Å². The standard InChI is InChI=1S/C14H16ClN3O3S/c1-21-11-2-3-12(10-4-5-17-14(15)13(10)11)22(19,20)18-8-6-16-7-9-18/h2-5,16H,6-9H2,1H3. The summed E-state index contributed by atoms with van der Waals surface area (Å²) in [5.74, 6) is 0.507. The third-order valence-electron chi connectivity index (χ3n) is 3.72. The lowest BCUT2D eigenvalue weighted by atomic mass is 10.1. The Hall–Kier alpha value is -1.41. The Bertz CT molecular complexity index is 804. The molecule has 22 heavy (non-hydrogen) atoms. The largest absolute Gasteiger partial charge is 0.496 e. The van der Waals surface area contributed by atoms with Gasteiger partial charge in [-0.15, -0.1) is 0 Å². The number of fused-ring (bicyclic) bond motifs is 1. The average molecular weight is 342 g/mol. The summed E-state index contributed by atoms with van der Waals surface area (Å²) in [6, 6.07) is 4.83. The van der Waals surface area contributed by atoms with E-state index in [4.69, 9.17) is 16.3 Å². The highest BCUT2D eigenvalue weighted by Crippen LogP contribution is 2.35. The van der Waals surface area contributed by atoms with Gasteiger partial charge < -0.3 is 10.1 Å². The molecule has 1 aliphatic heterocycles. The minimum Gasteiger partial charge on any atom is -0.496 e. The maximum atomic E-state index is 12.9. The van der Waals surface area contributed by atoms with Gasteiger partial charge in [-0.3, -0.25) is 0 Å². The van der Waals surface area contributed by atoms with Crippen molar-refractivity contribution in [2.75, 3.05) is 33.3 Å². The molecule has 118 valence electrons. The van der Waals surface area contributed by atoms with Crippen LogP contribution in [0.15, 0.2) is 29.3 Å². The van der Waals surface area contributed by atoms with Crippen LogP contribution in [0.1, 0.15) is 0 Å². The third kappa shape index (κ3) is 2.54. The zero-order chi connectivity index (χ0) is 15.7. The highest BCUT2D eigenvalue weighted by atomic mass is 35.5. The number of aromatic nitrogens is 1. The quantitative estimate of drug-likeness (QED) is 0.856. The molecule has 0 atom stereocenters. The molecule has 0 unspecified atom stereocenters. The van der Waals surface area contributed by atoms with Gasteiger partial charge in [-0.25, -0.2) is 13.4 Å². The molecule has 0 amide bonds. The van der Waals surface area contributed by atoms with Crippen molar-refractivity contribution in [2.24, 2.45) is 0 Å². The Balaban J connectivity index is 2.21. The second-order valence-electron chi connectivity index (χ2n) is 4.94. The van der Waals surface area contributed by atoms with Crippen LogP contribution < -0.4 is 10.1 Å². The number of pyridine rings is 1. The maximum Gasteiger partial charge on any atom is 0.243 e. The molecular formula is C14H16ClN3O3S. The summed E-state index contributed by atoms with van der Waals surface area (Å²) in [5.41, 5.74) is 0. The van der Waals surface area contributed by atoms with Crippen molar-refractivity contribution in [3.63, 3.8) is 0 Å². The summed E-state index contributed by atoms with van der Waals surface area (Å²) >= 11 is 6.14. The van der Waals surface area contributed by atoms with Crippen molar-refractivity contribution in [1.29, 1.82) is 0 Å². The van der Waals surface area contributed by atoms with Crippen molar-refractivity contribution < 1.29 is 13.2 Å². The number of ether oxygens (including phenoxy) is 1. The van der Waals surface area contributed by atoms with Crippen molar-refractivity contribution >= 4 is 32.4 Å². The number of hydrogen-bond acceptors (Lipinski definition) is 5. The highest BCUT2D eigenvalue weighted by Gasteiger charge is 2.28. The molecule has 6 nitrogen and oxygen atoms in total. The lowest BCUT2D eigenvalue weighted by molar-refractivity contribution is 0.360. The molecule has 0 radical (unpaired) electrons. The van der Waals surface area contributed by atoms with Gasteiger partial charge in [-0.05, 0) is 18.2 Å². The smallest absolute Gasteiger partial charge is 0.243 e. The van der Waals surface area contributed by atoms with Gasteiger partial charge in [0.25, 0.3) is 0 Å². The van der Waals surface area contributed by atoms with E-state index in [0.717, 1.165) is 0 Å². The van der Waals surface area contributed by atoms with E-state index in [1.807, 2.05) is 0 Å². The number of nitrogens with one attached hydrogen (secondary N) is 1. The first kappa shape index (κ1) is 15.5. The zero-order valence-electron chi connectivity index (χ0n) is 12.0. The molecular weight excluding hydrogens is 326 g/mol. The fourth-order valence-electron chi connectivity index (χ4n) is 2.62. The van der Waals surface area contributed by atoms with E-state index in [1.165, 1.54) is 17.6 Å². The minimum absolute atomic E-state index is 0.228. The Labute approximate surface area is 134 Å². The van der Waals surface area contributed by atoms with Crippen LogP contribution in [-0.4, -0.2) is 51.0 Å². The Morgan fingerprint density at radius 2 is 2.00 bits per heavy atom. The second kappa shape index (κ2) is 6.00. The van der Waals surface area contributed by atoms with Crippen molar-refractivity contribution in [3.05, 3.63) is 29.5 Å². The molecule has 0 bridgehead atoms. The van der Waals surface area contributed by atoms with Gasteiger partial charge in [-0.1, -0.05) is 11.6 Å². The molecule has 1 aromatic carbocycles. The number of halogens is 1. The van der Waals surface area contributed by atoms with Gasteiger partial charge in [0.1, 0.15) is 10.9 Å². The Morgan fingerprint density at radius 3 is 2.68 bits per heavy atom. The summed E-state index contributed by atoms with van der Waals surface area (Å²) in [7, 11) is -2.06. The zero-order valence-corrected chi connectivity index (χ0v) is 13.6. The number of sulfonamides is 1. The van der Waals surface area contributed by atoms with E-state index >= 15 is 0 Å². The van der Waals surface area contributed by atoms with E-state index in [2.05, 4.69) is 10.3 Å². The Kier molecular flexibility index (Phi) is 4.22. The summed E-state index contributed by atoms with van der Waals surface area (Å²) in [5, 5.41) is 4.42. The monoisotopic (exact) mass is 341 g/mol. The van der Waals surface area contributed by atoms with E-state index in [0.29, 0.717) is 42.7 Å². The molecule has 8 heteroatoms. The van der Waals surface area contributed by atoms with Gasteiger partial charge in [0, 0.05) is 37.8 Å². The van der Waals surface area contributed by atoms with Crippen LogP contribution in [0.3, 0.4) is 0 Å². The second-order valence-corrected chi connectivity index (χ2v) is 7.21. The predicted octanol–water partition coefficient (Wildman–Crippen LogP) is 1.49. The molecule has 1 aromatic heterocycles. The van der Waals surface area contributed by atoms with Crippen LogP contribution >= 0.6 is 11.6 Å². The molecule has 1 aliphatic rings. The first-order valence-corrected chi connectivity index (χ1v) is 8.69. The molecule has 1 saturated heterocycles. The van der Waals surface area contributed by atoms with Crippen LogP contribution in [0.4, 0.5) is 0 Å². The van der Waals surface area contributed by atoms with Gasteiger partial charge in [0.05, 0.1) is 17.4 Å². The fraction of sp³-hybridized carbons (Fsp3) is 0.357. The van der Waals surface area contributed by atoms with Gasteiger partial charge in [-0.2, -0.15) is 4.31 Å². The molecule has 2 aromatic rings. The van der Waals surface area contributed by atoms with Crippen LogP contribution in [0, 0.1) is 0 Å². The first-order valence-electron chi connectivity index (χ1n) is 6.88. The number of piperazine rings is 1. The molecule has 0 aliphatic carbocycles. The van der Waals surface area contributed by atoms with Crippen LogP contribution in [-0.2, 0) is 10.0 Å². The number of methoxy groups -OCH3 is 1. The number of hydrogen-bond donors (Lipinski definition) is 1. The molecule has 0 spiro atoms. The van der Waals surface area contributed by atoms with Gasteiger partial charge >= 0.3 is 0 Å². The summed E-state index contributed by atoms with van der Waals surface area (Å²) in [4.78, 5) is 4.25. The van der Waals surface area contributed by atoms with Crippen LogP contribution in [0.2, 0.25) is 5.15 Å². The fourth-order valence-corrected chi connectivity index (χ4v) is 4.50. The summed E-state index contributed by atoms with van der Waals surface area (Å²) < 4.78 is 32.6. The average Bonchev–Trinajstić information content (AvgIpc) is 2.55. The van der Waals surface area contributed by atoms with E-state index in [-0.39, 0.29) is 10.0 Å². The molecule has 1 N–H and O–H groups in total. The Morgan fingerprint density at radius 1 is 1.27 bits per heavy atom. The van der Waals surface area contributed by atoms with Crippen molar-refractivity contribution in [2.45, 2.75) is 4.90 Å². The number of benzene rings is 1. The van der Waals surface area contributed by atoms with Crippen LogP contribution in [0.5, 0.6) is 5.75 Å². The maximum absolute atomic E-state index is 12.9. The van der Waals surface area contributed by atoms with Gasteiger partial charge in [0.15, 0.2) is 0 Å². The lowest BCUT2D eigenvalue weighted by Crippen LogP contribution is -2.46. The van der Waals surface area contributed by atoms with Gasteiger partial charge in [0.2, 0.25) is 10.0 Å². The van der Waals surface area contributed by atoms with Crippen LogP contribution in [0.25, 0.3) is 10.8 Å². The predicted molar refractivity (Wildman–Crippen MR) is 84.9 cm³/mol. The first-order chi connectivity index (χ1) is 10.6. The van der Waals surface area contributed by atoms with Crippen molar-refractivity contribution in [3.8, 4) is 5.75 Å². The summed E-state index contributed by atoms with van der Waals surface area (Å²) in [6.45, 7) is 2.20. The lowest BCUT2D eigenvalue weighted by Gasteiger charge is -2.27.